The second kappa shape index (κ2) is 8.21. The van der Waals surface area contributed by atoms with Crippen molar-refractivity contribution in [1.29, 1.82) is 0 Å². The van der Waals surface area contributed by atoms with Gasteiger partial charge in [0.25, 0.3) is 0 Å². The monoisotopic (exact) mass is 322 g/mol. The maximum atomic E-state index is 6.37. The Morgan fingerprint density at radius 3 is 2.38 bits per heavy atom. The Bertz CT molecular complexity index is 423. The molecule has 0 heterocycles. The predicted molar refractivity (Wildman–Crippen MR) is 99.5 cm³/mol. The molecule has 1 rings (SSSR count). The van der Waals surface area contributed by atoms with Crippen molar-refractivity contribution in [1.82, 2.24) is 0 Å². The molecule has 0 spiro atoms. The highest BCUT2D eigenvalue weighted by molar-refractivity contribution is 7.99. The Morgan fingerprint density at radius 2 is 1.86 bits per heavy atom. The maximum absolute atomic E-state index is 6.37. The molecule has 0 saturated heterocycles. The Balaban J connectivity index is 2.52. The predicted octanol–water partition coefficient (Wildman–Crippen LogP) is 5.89. The highest BCUT2D eigenvalue weighted by Crippen LogP contribution is 2.37. The molecule has 3 heteroatoms. The SMILES string of the molecule is C=CC[C@H](CO[Si](C)(C)C(C)(C)C)SCc1ccccc1. The van der Waals surface area contributed by atoms with E-state index in [1.165, 1.54) is 5.56 Å². The smallest absolute Gasteiger partial charge is 0.192 e. The quantitative estimate of drug-likeness (QED) is 0.436. The molecule has 0 saturated carbocycles. The van der Waals surface area contributed by atoms with Crippen molar-refractivity contribution in [3.63, 3.8) is 0 Å². The summed E-state index contributed by atoms with van der Waals surface area (Å²) in [6.45, 7) is 16.2. The molecule has 1 aromatic rings. The minimum atomic E-state index is -1.65. The van der Waals surface area contributed by atoms with Crippen LogP contribution in [-0.4, -0.2) is 20.2 Å². The summed E-state index contributed by atoms with van der Waals surface area (Å²) in [4.78, 5) is 0. The molecule has 118 valence electrons. The summed E-state index contributed by atoms with van der Waals surface area (Å²) in [5, 5.41) is 0.771. The van der Waals surface area contributed by atoms with E-state index < -0.39 is 8.32 Å². The summed E-state index contributed by atoms with van der Waals surface area (Å²) in [5.41, 5.74) is 1.38. The van der Waals surface area contributed by atoms with Crippen LogP contribution < -0.4 is 0 Å². The third-order valence-electron chi connectivity index (χ3n) is 4.19. The molecule has 0 amide bonds. The Labute approximate surface area is 136 Å². The van der Waals surface area contributed by atoms with Gasteiger partial charge in [-0.15, -0.1) is 6.58 Å². The lowest BCUT2D eigenvalue weighted by atomic mass is 10.2. The standard InChI is InChI=1S/C18H30OSSi/c1-7-11-17(14-19-21(5,6)18(2,3)4)20-15-16-12-9-8-10-13-16/h7-10,12-13,17H,1,11,14-15H2,2-6H3/t17-/m1/s1. The van der Waals surface area contributed by atoms with Crippen molar-refractivity contribution in [2.45, 2.75) is 56.3 Å². The minimum Gasteiger partial charge on any atom is -0.416 e. The molecule has 0 aromatic heterocycles. The molecule has 0 aliphatic rings. The number of rotatable bonds is 8. The van der Waals surface area contributed by atoms with Gasteiger partial charge in [-0.25, -0.2) is 0 Å². The van der Waals surface area contributed by atoms with Crippen LogP contribution in [0.4, 0.5) is 0 Å². The summed E-state index contributed by atoms with van der Waals surface area (Å²) in [6.07, 6.45) is 3.02. The fourth-order valence-electron chi connectivity index (χ4n) is 1.68. The van der Waals surface area contributed by atoms with Gasteiger partial charge >= 0.3 is 0 Å². The van der Waals surface area contributed by atoms with E-state index in [2.05, 4.69) is 70.8 Å². The van der Waals surface area contributed by atoms with Gasteiger partial charge in [0.15, 0.2) is 8.32 Å². The van der Waals surface area contributed by atoms with Crippen LogP contribution in [0.2, 0.25) is 18.1 Å². The van der Waals surface area contributed by atoms with E-state index in [1.54, 1.807) is 0 Å². The molecular formula is C18H30OSSi. The lowest BCUT2D eigenvalue weighted by Gasteiger charge is -2.37. The molecule has 0 unspecified atom stereocenters. The van der Waals surface area contributed by atoms with Crippen molar-refractivity contribution >= 4 is 20.1 Å². The van der Waals surface area contributed by atoms with Gasteiger partial charge in [-0.05, 0) is 30.1 Å². The average Bonchev–Trinajstić information content (AvgIpc) is 2.42. The fraction of sp³-hybridized carbons (Fsp3) is 0.556. The number of thioether (sulfide) groups is 1. The van der Waals surface area contributed by atoms with Crippen molar-refractivity contribution in [2.75, 3.05) is 6.61 Å². The highest BCUT2D eigenvalue weighted by atomic mass is 32.2. The highest BCUT2D eigenvalue weighted by Gasteiger charge is 2.37. The van der Waals surface area contributed by atoms with Gasteiger partial charge in [0.05, 0.1) is 0 Å². The van der Waals surface area contributed by atoms with E-state index in [9.17, 15) is 0 Å². The number of allylic oxidation sites excluding steroid dienone is 1. The number of benzene rings is 1. The van der Waals surface area contributed by atoms with Crippen LogP contribution in [0.15, 0.2) is 43.0 Å². The van der Waals surface area contributed by atoms with Crippen LogP contribution in [0.25, 0.3) is 0 Å². The average molecular weight is 323 g/mol. The van der Waals surface area contributed by atoms with E-state index in [0.717, 1.165) is 18.8 Å². The van der Waals surface area contributed by atoms with Gasteiger partial charge in [-0.3, -0.25) is 0 Å². The topological polar surface area (TPSA) is 9.23 Å². The van der Waals surface area contributed by atoms with E-state index in [0.29, 0.717) is 5.25 Å². The van der Waals surface area contributed by atoms with Crippen LogP contribution in [0.3, 0.4) is 0 Å². The largest absolute Gasteiger partial charge is 0.416 e. The van der Waals surface area contributed by atoms with E-state index >= 15 is 0 Å². The number of hydrogen-bond donors (Lipinski definition) is 0. The summed E-state index contributed by atoms with van der Waals surface area (Å²) in [5.74, 6) is 1.04. The van der Waals surface area contributed by atoms with Crippen LogP contribution in [0.1, 0.15) is 32.8 Å². The maximum Gasteiger partial charge on any atom is 0.192 e. The van der Waals surface area contributed by atoms with Crippen LogP contribution >= 0.6 is 11.8 Å². The second-order valence-corrected chi connectivity index (χ2v) is 13.1. The Morgan fingerprint density at radius 1 is 1.24 bits per heavy atom. The zero-order valence-corrected chi connectivity index (χ0v) is 16.0. The summed E-state index contributed by atoms with van der Waals surface area (Å²) in [7, 11) is -1.65. The molecule has 1 atom stereocenters. The van der Waals surface area contributed by atoms with Crippen LogP contribution in [0, 0.1) is 0 Å². The third kappa shape index (κ3) is 6.41. The van der Waals surface area contributed by atoms with Gasteiger partial charge < -0.3 is 4.43 Å². The Kier molecular flexibility index (Phi) is 7.24. The lowest BCUT2D eigenvalue weighted by molar-refractivity contribution is 0.288. The molecular weight excluding hydrogens is 292 g/mol. The molecule has 1 nitrogen and oxygen atoms in total. The lowest BCUT2D eigenvalue weighted by Crippen LogP contribution is -2.42. The van der Waals surface area contributed by atoms with Crippen molar-refractivity contribution < 1.29 is 4.43 Å². The van der Waals surface area contributed by atoms with Gasteiger partial charge in [0, 0.05) is 17.6 Å². The summed E-state index contributed by atoms with van der Waals surface area (Å²) in [6, 6.07) is 10.6. The molecule has 0 bridgehead atoms. The molecule has 0 aliphatic heterocycles. The van der Waals surface area contributed by atoms with E-state index in [1.807, 2.05) is 17.8 Å². The van der Waals surface area contributed by atoms with Crippen molar-refractivity contribution in [3.8, 4) is 0 Å². The first-order chi connectivity index (χ1) is 9.76. The molecule has 0 aliphatic carbocycles. The van der Waals surface area contributed by atoms with Gasteiger partial charge in [0.1, 0.15) is 0 Å². The first-order valence-corrected chi connectivity index (χ1v) is 11.6. The Hall–Kier alpha value is -0.513. The minimum absolute atomic E-state index is 0.274. The fourth-order valence-corrected chi connectivity index (χ4v) is 3.90. The normalized spacial score (nSPS) is 14.0. The molecule has 1 aromatic carbocycles. The van der Waals surface area contributed by atoms with Gasteiger partial charge in [-0.2, -0.15) is 11.8 Å². The summed E-state index contributed by atoms with van der Waals surface area (Å²) < 4.78 is 6.37. The van der Waals surface area contributed by atoms with E-state index in [-0.39, 0.29) is 5.04 Å². The zero-order valence-electron chi connectivity index (χ0n) is 14.2. The number of hydrogen-bond acceptors (Lipinski definition) is 2. The summed E-state index contributed by atoms with van der Waals surface area (Å²) >= 11 is 1.98. The molecule has 21 heavy (non-hydrogen) atoms. The van der Waals surface area contributed by atoms with Crippen molar-refractivity contribution in [3.05, 3.63) is 48.6 Å². The first kappa shape index (κ1) is 18.5. The zero-order chi connectivity index (χ0) is 15.9. The van der Waals surface area contributed by atoms with Crippen molar-refractivity contribution in [2.24, 2.45) is 0 Å². The van der Waals surface area contributed by atoms with Crippen LogP contribution in [-0.2, 0) is 10.2 Å². The van der Waals surface area contributed by atoms with Gasteiger partial charge in [-0.1, -0.05) is 57.2 Å². The molecule has 0 fully saturated rings. The van der Waals surface area contributed by atoms with E-state index in [4.69, 9.17) is 4.43 Å². The first-order valence-electron chi connectivity index (χ1n) is 7.66. The molecule has 0 N–H and O–H groups in total. The molecule has 0 radical (unpaired) electrons. The third-order valence-corrected chi connectivity index (χ3v) is 10.00. The van der Waals surface area contributed by atoms with Crippen LogP contribution in [0.5, 0.6) is 0 Å². The van der Waals surface area contributed by atoms with Gasteiger partial charge in [0.2, 0.25) is 0 Å². The second-order valence-electron chi connectivity index (χ2n) is 7.01.